The molecular weight excluding hydrogens is 426 g/mol. The van der Waals surface area contributed by atoms with Gasteiger partial charge in [-0.3, -0.25) is 9.69 Å². The third kappa shape index (κ3) is 5.16. The number of benzene rings is 3. The molecule has 1 aliphatic heterocycles. The zero-order valence-corrected chi connectivity index (χ0v) is 19.0. The van der Waals surface area contributed by atoms with Crippen molar-refractivity contribution in [3.05, 3.63) is 120 Å². The number of hydrogen-bond acceptors (Lipinski definition) is 3. The fourth-order valence-electron chi connectivity index (χ4n) is 4.16. The van der Waals surface area contributed by atoms with Gasteiger partial charge in [-0.15, -0.1) is 0 Å². The van der Waals surface area contributed by atoms with Gasteiger partial charge in [-0.2, -0.15) is 0 Å². The maximum Gasteiger partial charge on any atom is 0.326 e. The van der Waals surface area contributed by atoms with Crippen LogP contribution in [-0.4, -0.2) is 27.9 Å². The summed E-state index contributed by atoms with van der Waals surface area (Å²) in [5.74, 6) is -1.45. The highest BCUT2D eigenvalue weighted by Crippen LogP contribution is 2.35. The van der Waals surface area contributed by atoms with Crippen molar-refractivity contribution in [2.24, 2.45) is 0 Å². The Morgan fingerprint density at radius 2 is 1.62 bits per heavy atom. The third-order valence-electron chi connectivity index (χ3n) is 5.87. The first-order chi connectivity index (χ1) is 16.6. The monoisotopic (exact) mass is 453 g/mol. The Bertz CT molecular complexity index is 1200. The van der Waals surface area contributed by atoms with Crippen LogP contribution in [0.15, 0.2) is 103 Å². The van der Waals surface area contributed by atoms with Crippen LogP contribution >= 0.6 is 0 Å². The minimum atomic E-state index is -1.05. The Hall–Kier alpha value is -3.96. The summed E-state index contributed by atoms with van der Waals surface area (Å²) in [6, 6.07) is 24.7. The molecule has 0 aliphatic carbocycles. The van der Waals surface area contributed by atoms with Crippen molar-refractivity contribution >= 4 is 11.9 Å². The number of allylic oxidation sites excluding steroid dienone is 3. The number of carbonyl (C=O) groups excluding carboxylic acids is 1. The number of hydrogen-bond donors (Lipinski definition) is 1. The van der Waals surface area contributed by atoms with Gasteiger partial charge in [0.25, 0.3) is 0 Å². The predicted octanol–water partition coefficient (Wildman–Crippen LogP) is 5.54. The molecule has 5 nitrogen and oxygen atoms in total. The van der Waals surface area contributed by atoms with Crippen LogP contribution in [0.25, 0.3) is 11.1 Å². The predicted molar refractivity (Wildman–Crippen MR) is 132 cm³/mol. The second kappa shape index (κ2) is 10.8. The van der Waals surface area contributed by atoms with E-state index >= 15 is 0 Å². The Kier molecular flexibility index (Phi) is 7.35. The highest BCUT2D eigenvalue weighted by atomic mass is 16.5. The molecule has 2 atom stereocenters. The Morgan fingerprint density at radius 3 is 2.32 bits per heavy atom. The highest BCUT2D eigenvalue weighted by Gasteiger charge is 2.41. The minimum Gasteiger partial charge on any atom is -0.480 e. The second-order valence-corrected chi connectivity index (χ2v) is 8.11. The van der Waals surface area contributed by atoms with Crippen LogP contribution < -0.4 is 0 Å². The molecule has 172 valence electrons. The van der Waals surface area contributed by atoms with Gasteiger partial charge >= 0.3 is 5.97 Å². The smallest absolute Gasteiger partial charge is 0.326 e. The number of carboxylic acids is 1. The first-order valence-corrected chi connectivity index (χ1v) is 11.3. The number of aliphatic carboxylic acids is 1. The SMILES string of the molecule is C/C=C/C=C/C(=O)N1C(C(=O)O)Cc2ccccc2C1OCc1ccc(-c2ccccc2)cc1. The van der Waals surface area contributed by atoms with E-state index in [4.69, 9.17) is 4.74 Å². The largest absolute Gasteiger partial charge is 0.480 e. The van der Waals surface area contributed by atoms with E-state index in [9.17, 15) is 14.7 Å². The molecule has 0 bridgehead atoms. The Balaban J connectivity index is 1.61. The van der Waals surface area contributed by atoms with Crippen LogP contribution in [0.4, 0.5) is 0 Å². The summed E-state index contributed by atoms with van der Waals surface area (Å²) < 4.78 is 6.25. The van der Waals surface area contributed by atoms with Gasteiger partial charge in [0.1, 0.15) is 6.04 Å². The first-order valence-electron chi connectivity index (χ1n) is 11.3. The van der Waals surface area contributed by atoms with Crippen LogP contribution in [0.3, 0.4) is 0 Å². The van der Waals surface area contributed by atoms with E-state index in [2.05, 4.69) is 12.1 Å². The molecule has 4 rings (SSSR count). The zero-order valence-electron chi connectivity index (χ0n) is 19.0. The number of rotatable bonds is 7. The van der Waals surface area contributed by atoms with Gasteiger partial charge in [-0.1, -0.05) is 97.1 Å². The molecular formula is C29H27NO4. The molecule has 1 amide bonds. The van der Waals surface area contributed by atoms with Crippen LogP contribution in [0.5, 0.6) is 0 Å². The molecule has 0 aromatic heterocycles. The summed E-state index contributed by atoms with van der Waals surface area (Å²) in [5, 5.41) is 9.91. The summed E-state index contributed by atoms with van der Waals surface area (Å²) >= 11 is 0. The van der Waals surface area contributed by atoms with E-state index in [1.54, 1.807) is 18.2 Å². The van der Waals surface area contributed by atoms with E-state index in [1.165, 1.54) is 11.0 Å². The summed E-state index contributed by atoms with van der Waals surface area (Å²) in [4.78, 5) is 26.5. The standard InChI is InChI=1S/C29H27NO4/c1-2-3-5-14-27(31)30-26(29(32)33)19-24-12-8-9-13-25(24)28(30)34-20-21-15-17-23(18-16-21)22-10-6-4-7-11-22/h2-18,26,28H,19-20H2,1H3,(H,32,33)/b3-2+,14-5+. The van der Waals surface area contributed by atoms with Crippen LogP contribution in [-0.2, 0) is 27.4 Å². The fraction of sp³-hybridized carbons (Fsp3) is 0.172. The normalized spacial score (nSPS) is 17.7. The third-order valence-corrected chi connectivity index (χ3v) is 5.87. The number of fused-ring (bicyclic) bond motifs is 1. The quantitative estimate of drug-likeness (QED) is 0.377. The highest BCUT2D eigenvalue weighted by molar-refractivity contribution is 5.92. The van der Waals surface area contributed by atoms with Crippen molar-refractivity contribution < 1.29 is 19.4 Å². The molecule has 2 unspecified atom stereocenters. The average molecular weight is 454 g/mol. The maximum atomic E-state index is 13.1. The van der Waals surface area contributed by atoms with Gasteiger partial charge < -0.3 is 9.84 Å². The molecule has 0 spiro atoms. The molecule has 0 saturated heterocycles. The van der Waals surface area contributed by atoms with E-state index in [1.807, 2.05) is 73.7 Å². The van der Waals surface area contributed by atoms with Crippen LogP contribution in [0.2, 0.25) is 0 Å². The summed E-state index contributed by atoms with van der Waals surface area (Å²) in [6.07, 6.45) is 5.96. The van der Waals surface area contributed by atoms with Gasteiger partial charge in [0.2, 0.25) is 5.91 Å². The van der Waals surface area contributed by atoms with Crippen molar-refractivity contribution in [1.29, 1.82) is 0 Å². The molecule has 5 heteroatoms. The van der Waals surface area contributed by atoms with Crippen molar-refractivity contribution in [1.82, 2.24) is 4.90 Å². The average Bonchev–Trinajstić information content (AvgIpc) is 2.87. The fourth-order valence-corrected chi connectivity index (χ4v) is 4.16. The Labute approximate surface area is 199 Å². The lowest BCUT2D eigenvalue weighted by Crippen LogP contribution is -2.51. The molecule has 0 radical (unpaired) electrons. The molecule has 34 heavy (non-hydrogen) atoms. The van der Waals surface area contributed by atoms with E-state index in [-0.39, 0.29) is 13.0 Å². The molecule has 1 aliphatic rings. The second-order valence-electron chi connectivity index (χ2n) is 8.11. The number of ether oxygens (including phenoxy) is 1. The first kappa shape index (κ1) is 23.2. The number of carbonyl (C=O) groups is 2. The lowest BCUT2D eigenvalue weighted by molar-refractivity contribution is -0.166. The molecule has 1 heterocycles. The number of nitrogens with zero attached hydrogens (tertiary/aromatic N) is 1. The van der Waals surface area contributed by atoms with Gasteiger partial charge in [-0.05, 0) is 29.2 Å². The Morgan fingerprint density at radius 1 is 0.941 bits per heavy atom. The van der Waals surface area contributed by atoms with Gasteiger partial charge in [-0.25, -0.2) is 4.79 Å². The van der Waals surface area contributed by atoms with Crippen molar-refractivity contribution in [3.8, 4) is 11.1 Å². The molecule has 3 aromatic carbocycles. The lowest BCUT2D eigenvalue weighted by Gasteiger charge is -2.40. The van der Waals surface area contributed by atoms with Crippen LogP contribution in [0, 0.1) is 0 Å². The van der Waals surface area contributed by atoms with E-state index < -0.39 is 24.1 Å². The topological polar surface area (TPSA) is 66.8 Å². The zero-order chi connectivity index (χ0) is 23.9. The summed E-state index contributed by atoms with van der Waals surface area (Å²) in [7, 11) is 0. The van der Waals surface area contributed by atoms with E-state index in [0.717, 1.165) is 27.8 Å². The van der Waals surface area contributed by atoms with Crippen molar-refractivity contribution in [3.63, 3.8) is 0 Å². The van der Waals surface area contributed by atoms with Crippen LogP contribution in [0.1, 0.15) is 29.8 Å². The summed E-state index contributed by atoms with van der Waals surface area (Å²) in [5.41, 5.74) is 4.86. The number of carboxylic acid groups (broad SMARTS) is 1. The lowest BCUT2D eigenvalue weighted by atomic mass is 9.92. The van der Waals surface area contributed by atoms with Gasteiger partial charge in [0.15, 0.2) is 6.23 Å². The van der Waals surface area contributed by atoms with E-state index in [0.29, 0.717) is 0 Å². The molecule has 0 saturated carbocycles. The molecule has 0 fully saturated rings. The van der Waals surface area contributed by atoms with Crippen molar-refractivity contribution in [2.75, 3.05) is 0 Å². The van der Waals surface area contributed by atoms with Crippen molar-refractivity contribution in [2.45, 2.75) is 32.2 Å². The maximum absolute atomic E-state index is 13.1. The van der Waals surface area contributed by atoms with Gasteiger partial charge in [0.05, 0.1) is 6.61 Å². The van der Waals surface area contributed by atoms with Gasteiger partial charge in [0, 0.05) is 18.1 Å². The number of amides is 1. The minimum absolute atomic E-state index is 0.236. The summed E-state index contributed by atoms with van der Waals surface area (Å²) in [6.45, 7) is 2.09. The molecule has 1 N–H and O–H groups in total. The molecule has 3 aromatic rings.